The molecule has 0 aliphatic rings. The number of nitrogen functional groups attached to an aromatic ring is 1. The van der Waals surface area contributed by atoms with Crippen LogP contribution in [0.4, 0.5) is 20.3 Å². The zero-order valence-electron chi connectivity index (χ0n) is 9.59. The van der Waals surface area contributed by atoms with E-state index in [-0.39, 0.29) is 27.5 Å². The van der Waals surface area contributed by atoms with Crippen molar-refractivity contribution >= 4 is 27.4 Å². The molecule has 3 N–H and O–H groups in total. The lowest BCUT2D eigenvalue weighted by Gasteiger charge is -2.01. The average Bonchev–Trinajstić information content (AvgIpc) is 2.90. The average molecular weight is 353 g/mol. The molecule has 0 aromatic carbocycles. The smallest absolute Gasteiger partial charge is 0.345 e. The topological polar surface area (TPSA) is 125 Å². The Bertz CT molecular complexity index is 642. The summed E-state index contributed by atoms with van der Waals surface area (Å²) in [5.74, 6) is -0.132. The molecule has 108 valence electrons. The Labute approximate surface area is 118 Å². The quantitative estimate of drug-likeness (QED) is 0.621. The minimum absolute atomic E-state index is 0.100. The highest BCUT2D eigenvalue weighted by Gasteiger charge is 2.22. The van der Waals surface area contributed by atoms with Gasteiger partial charge in [-0.2, -0.15) is 23.7 Å². The Kier molecular flexibility index (Phi) is 3.94. The number of nitrogens with zero attached hydrogens (tertiary/aromatic N) is 4. The van der Waals surface area contributed by atoms with E-state index in [1.165, 1.54) is 0 Å². The Morgan fingerprint density at radius 3 is 2.90 bits per heavy atom. The Morgan fingerprint density at radius 1 is 1.65 bits per heavy atom. The molecule has 0 saturated heterocycles. The van der Waals surface area contributed by atoms with Gasteiger partial charge in [0.25, 0.3) is 0 Å². The zero-order valence-corrected chi connectivity index (χ0v) is 11.2. The van der Waals surface area contributed by atoms with Crippen LogP contribution in [-0.4, -0.2) is 31.5 Å². The van der Waals surface area contributed by atoms with Crippen molar-refractivity contribution in [2.75, 3.05) is 5.73 Å². The van der Waals surface area contributed by atoms with Crippen LogP contribution in [0.5, 0.6) is 0 Å². The van der Waals surface area contributed by atoms with Gasteiger partial charge < -0.3 is 10.5 Å². The molecule has 12 heteroatoms. The number of hydrogen-bond donors (Lipinski definition) is 2. The maximum Gasteiger partial charge on any atom is 0.345 e. The number of nitro groups is 1. The van der Waals surface area contributed by atoms with Crippen molar-refractivity contribution in [2.45, 2.75) is 13.2 Å². The lowest BCUT2D eigenvalue weighted by Crippen LogP contribution is -2.04. The highest BCUT2D eigenvalue weighted by Crippen LogP contribution is 2.28. The lowest BCUT2D eigenvalue weighted by molar-refractivity contribution is -0.383. The van der Waals surface area contributed by atoms with Crippen molar-refractivity contribution < 1.29 is 18.4 Å². The van der Waals surface area contributed by atoms with Crippen molar-refractivity contribution in [2.24, 2.45) is 0 Å². The van der Waals surface area contributed by atoms with E-state index < -0.39 is 18.1 Å². The molecule has 2 aromatic heterocycles. The fraction of sp³-hybridized carbons (Fsp3) is 0.250. The molecule has 2 aromatic rings. The third-order valence-corrected chi connectivity index (χ3v) is 3.13. The largest absolute Gasteiger partial charge is 0.378 e. The first-order valence-corrected chi connectivity index (χ1v) is 5.82. The van der Waals surface area contributed by atoms with Crippen LogP contribution in [0.2, 0.25) is 0 Å². The molecule has 0 aliphatic heterocycles. The van der Waals surface area contributed by atoms with Crippen LogP contribution in [0.3, 0.4) is 0 Å². The highest BCUT2D eigenvalue weighted by molar-refractivity contribution is 9.10. The van der Waals surface area contributed by atoms with Crippen LogP contribution in [0.15, 0.2) is 10.7 Å². The van der Waals surface area contributed by atoms with Crippen molar-refractivity contribution in [1.29, 1.82) is 0 Å². The normalized spacial score (nSPS) is 11.2. The van der Waals surface area contributed by atoms with Gasteiger partial charge in [0, 0.05) is 0 Å². The minimum atomic E-state index is -2.93. The van der Waals surface area contributed by atoms with Crippen LogP contribution in [-0.2, 0) is 11.3 Å². The number of nitrogens with one attached hydrogen (secondary N) is 1. The fourth-order valence-electron chi connectivity index (χ4n) is 1.39. The van der Waals surface area contributed by atoms with Crippen LogP contribution in [0, 0.1) is 10.1 Å². The number of ether oxygens (including phenoxy) is 1. The van der Waals surface area contributed by atoms with Crippen molar-refractivity contribution in [1.82, 2.24) is 20.0 Å². The van der Waals surface area contributed by atoms with Crippen molar-refractivity contribution in [3.05, 3.63) is 26.5 Å². The minimum Gasteiger partial charge on any atom is -0.378 e. The summed E-state index contributed by atoms with van der Waals surface area (Å²) in [6.07, 6.45) is 0.964. The van der Waals surface area contributed by atoms with Gasteiger partial charge >= 0.3 is 12.3 Å². The molecule has 0 bridgehead atoms. The van der Waals surface area contributed by atoms with Crippen LogP contribution in [0.25, 0.3) is 5.82 Å². The van der Waals surface area contributed by atoms with Gasteiger partial charge in [-0.15, -0.1) is 0 Å². The van der Waals surface area contributed by atoms with Gasteiger partial charge in [0.2, 0.25) is 5.82 Å². The number of rotatable bonds is 5. The molecule has 0 amide bonds. The maximum atomic E-state index is 12.0. The molecule has 0 saturated carbocycles. The maximum absolute atomic E-state index is 12.0. The Balaban J connectivity index is 2.32. The highest BCUT2D eigenvalue weighted by atomic mass is 79.9. The molecule has 20 heavy (non-hydrogen) atoms. The molecular weight excluding hydrogens is 346 g/mol. The Hall–Kier alpha value is -2.08. The van der Waals surface area contributed by atoms with Crippen LogP contribution < -0.4 is 5.73 Å². The summed E-state index contributed by atoms with van der Waals surface area (Å²) >= 11 is 3.11. The number of halogens is 3. The summed E-state index contributed by atoms with van der Waals surface area (Å²) in [6.45, 7) is -3.35. The molecule has 0 unspecified atom stereocenters. The molecular formula is C8H7BrF2N6O3. The molecule has 0 aliphatic carbocycles. The van der Waals surface area contributed by atoms with E-state index in [1.807, 2.05) is 0 Å². The summed E-state index contributed by atoms with van der Waals surface area (Å²) in [5.41, 5.74) is 5.41. The summed E-state index contributed by atoms with van der Waals surface area (Å²) < 4.78 is 29.3. The molecule has 9 nitrogen and oxygen atoms in total. The number of hydrogen-bond acceptors (Lipinski definition) is 6. The molecule has 0 atom stereocenters. The van der Waals surface area contributed by atoms with Crippen LogP contribution >= 0.6 is 15.9 Å². The zero-order chi connectivity index (χ0) is 14.9. The summed E-state index contributed by atoms with van der Waals surface area (Å²) in [6, 6.07) is 0. The molecule has 0 fully saturated rings. The number of aromatic amines is 1. The number of anilines is 1. The van der Waals surface area contributed by atoms with E-state index in [9.17, 15) is 18.9 Å². The Morgan fingerprint density at radius 2 is 2.35 bits per heavy atom. The van der Waals surface area contributed by atoms with Gasteiger partial charge in [0.05, 0.1) is 21.7 Å². The van der Waals surface area contributed by atoms with Gasteiger partial charge in [0.1, 0.15) is 6.20 Å². The lowest BCUT2D eigenvalue weighted by atomic mass is 10.4. The standard InChI is InChI=1S/C8H7BrF2N6O3/c9-5-3(2-20-8(10)11)14-15-7(5)16-6(12)4(1-13-16)17(18)19/h1,8H,2,12H2,(H,14,15). The van der Waals surface area contributed by atoms with Crippen molar-refractivity contribution in [3.8, 4) is 5.82 Å². The predicted molar refractivity (Wildman–Crippen MR) is 65.3 cm³/mol. The molecule has 0 spiro atoms. The summed E-state index contributed by atoms with van der Waals surface area (Å²) in [7, 11) is 0. The molecule has 0 radical (unpaired) electrons. The number of aromatic nitrogens is 4. The molecule has 2 heterocycles. The van der Waals surface area contributed by atoms with Gasteiger partial charge in [-0.05, 0) is 15.9 Å². The summed E-state index contributed by atoms with van der Waals surface area (Å²) in [5, 5.41) is 20.6. The monoisotopic (exact) mass is 352 g/mol. The number of nitrogens with two attached hydrogens (primary N) is 1. The third-order valence-electron chi connectivity index (χ3n) is 2.30. The van der Waals surface area contributed by atoms with Gasteiger partial charge in [-0.25, -0.2) is 0 Å². The van der Waals surface area contributed by atoms with Gasteiger partial charge in [-0.1, -0.05) is 0 Å². The summed E-state index contributed by atoms with van der Waals surface area (Å²) in [4.78, 5) is 9.97. The van der Waals surface area contributed by atoms with E-state index in [1.54, 1.807) is 0 Å². The van der Waals surface area contributed by atoms with E-state index >= 15 is 0 Å². The molecule has 2 rings (SSSR count). The number of alkyl halides is 2. The third kappa shape index (κ3) is 2.60. The van der Waals surface area contributed by atoms with E-state index in [0.717, 1.165) is 10.9 Å². The van der Waals surface area contributed by atoms with Gasteiger partial charge in [0.15, 0.2) is 5.82 Å². The first-order valence-electron chi connectivity index (χ1n) is 5.02. The van der Waals surface area contributed by atoms with E-state index in [0.29, 0.717) is 0 Å². The second kappa shape index (κ2) is 5.50. The second-order valence-electron chi connectivity index (χ2n) is 3.50. The van der Waals surface area contributed by atoms with Crippen LogP contribution in [0.1, 0.15) is 5.69 Å². The van der Waals surface area contributed by atoms with Gasteiger partial charge in [-0.3, -0.25) is 15.2 Å². The number of H-pyrrole nitrogens is 1. The van der Waals surface area contributed by atoms with E-state index in [4.69, 9.17) is 5.73 Å². The predicted octanol–water partition coefficient (Wildman–Crippen LogP) is 1.59. The first kappa shape index (κ1) is 14.3. The SMILES string of the molecule is Nc1c([N+](=O)[O-])cnn1-c1n[nH]c(COC(F)F)c1Br. The van der Waals surface area contributed by atoms with Crippen molar-refractivity contribution in [3.63, 3.8) is 0 Å². The second-order valence-corrected chi connectivity index (χ2v) is 4.29. The van der Waals surface area contributed by atoms with E-state index in [2.05, 4.69) is 36.0 Å². The first-order chi connectivity index (χ1) is 9.41. The fourth-order valence-corrected chi connectivity index (χ4v) is 1.85.